The Morgan fingerprint density at radius 3 is 2.29 bits per heavy atom. The Labute approximate surface area is 221 Å². The molecular weight excluding hydrogens is 495 g/mol. The average molecular weight is 532 g/mol. The quantitative estimate of drug-likeness (QED) is 0.534. The minimum Gasteiger partial charge on any atom is -0.477 e. The number of alkyl halides is 3. The number of hydrogen-bond acceptors (Lipinski definition) is 5. The maximum absolute atomic E-state index is 13.5. The predicted molar refractivity (Wildman–Crippen MR) is 138 cm³/mol. The van der Waals surface area contributed by atoms with E-state index >= 15 is 0 Å². The number of rotatable bonds is 7. The Hall–Kier alpha value is -2.65. The van der Waals surface area contributed by atoms with Crippen LogP contribution in [0.3, 0.4) is 0 Å². The van der Waals surface area contributed by atoms with E-state index in [2.05, 4.69) is 4.98 Å². The van der Waals surface area contributed by atoms with Crippen LogP contribution in [0.2, 0.25) is 0 Å². The number of carbonyl (C=O) groups excluding carboxylic acids is 1. The molecule has 1 saturated carbocycles. The maximum atomic E-state index is 13.5. The second kappa shape index (κ2) is 11.2. The predicted octanol–water partition coefficient (Wildman–Crippen LogP) is 5.17. The molecule has 1 aliphatic carbocycles. The smallest absolute Gasteiger partial charge is 0.395 e. The van der Waals surface area contributed by atoms with Gasteiger partial charge in [-0.15, -0.1) is 0 Å². The number of nitrogens with zero attached hydrogens (tertiary/aromatic N) is 3. The molecule has 3 fully saturated rings. The van der Waals surface area contributed by atoms with Crippen molar-refractivity contribution in [2.75, 3.05) is 39.3 Å². The van der Waals surface area contributed by atoms with Crippen molar-refractivity contribution in [3.63, 3.8) is 0 Å². The lowest BCUT2D eigenvalue weighted by atomic mass is 9.67. The first-order chi connectivity index (χ1) is 18.2. The molecular formula is C29H36F3N3O3. The number of ether oxygens (including phenoxy) is 1. The highest BCUT2D eigenvalue weighted by Gasteiger charge is 2.58. The molecule has 206 valence electrons. The zero-order valence-corrected chi connectivity index (χ0v) is 21.6. The summed E-state index contributed by atoms with van der Waals surface area (Å²) in [6.45, 7) is 3.03. The highest BCUT2D eigenvalue weighted by Crippen LogP contribution is 2.53. The van der Waals surface area contributed by atoms with Crippen LogP contribution in [0.25, 0.3) is 11.1 Å². The van der Waals surface area contributed by atoms with Crippen molar-refractivity contribution in [3.05, 3.63) is 48.2 Å². The first-order valence-electron chi connectivity index (χ1n) is 13.7. The highest BCUT2D eigenvalue weighted by molar-refractivity contribution is 5.94. The summed E-state index contributed by atoms with van der Waals surface area (Å²) in [6.07, 6.45) is 1.57. The van der Waals surface area contributed by atoms with Crippen molar-refractivity contribution >= 4 is 5.91 Å². The number of β-amino-alcohol motifs (C(OH)–C–C–N with tert-alkyl or cyclic N) is 1. The second-order valence-corrected chi connectivity index (χ2v) is 11.2. The number of aliphatic hydroxyl groups is 1. The highest BCUT2D eigenvalue weighted by atomic mass is 19.4. The minimum atomic E-state index is -4.11. The Balaban J connectivity index is 1.08. The molecule has 6 nitrogen and oxygen atoms in total. The van der Waals surface area contributed by atoms with Crippen LogP contribution in [0.4, 0.5) is 13.2 Å². The number of piperidine rings is 2. The third-order valence-corrected chi connectivity index (χ3v) is 8.50. The van der Waals surface area contributed by atoms with Gasteiger partial charge in [-0.2, -0.15) is 13.2 Å². The zero-order valence-electron chi connectivity index (χ0n) is 21.6. The molecule has 38 heavy (non-hydrogen) atoms. The van der Waals surface area contributed by atoms with Crippen LogP contribution in [-0.4, -0.2) is 77.4 Å². The summed E-state index contributed by atoms with van der Waals surface area (Å²) in [7, 11) is 0. The molecule has 1 amide bonds. The fraction of sp³-hybridized carbons (Fsp3) is 0.586. The monoisotopic (exact) mass is 531 g/mol. The summed E-state index contributed by atoms with van der Waals surface area (Å²) in [5.74, 6) is 0.769. The second-order valence-electron chi connectivity index (χ2n) is 11.2. The first kappa shape index (κ1) is 26.9. The van der Waals surface area contributed by atoms with Gasteiger partial charge in [0.1, 0.15) is 0 Å². The Morgan fingerprint density at radius 1 is 1.00 bits per heavy atom. The van der Waals surface area contributed by atoms with Gasteiger partial charge in [0.25, 0.3) is 5.91 Å². The fourth-order valence-corrected chi connectivity index (χ4v) is 5.84. The molecule has 3 aliphatic rings. The van der Waals surface area contributed by atoms with Gasteiger partial charge >= 0.3 is 6.18 Å². The molecule has 0 spiro atoms. The average Bonchev–Trinajstić information content (AvgIpc) is 2.89. The number of carbonyl (C=O) groups is 1. The third-order valence-electron chi connectivity index (χ3n) is 8.50. The number of amides is 1. The van der Waals surface area contributed by atoms with Crippen LogP contribution >= 0.6 is 0 Å². The largest absolute Gasteiger partial charge is 0.477 e. The lowest BCUT2D eigenvalue weighted by Gasteiger charge is -2.47. The summed E-state index contributed by atoms with van der Waals surface area (Å²) in [6, 6.07) is 11.1. The number of aromatic nitrogens is 1. The van der Waals surface area contributed by atoms with Gasteiger partial charge < -0.3 is 19.6 Å². The van der Waals surface area contributed by atoms with Gasteiger partial charge in [-0.3, -0.25) is 4.79 Å². The van der Waals surface area contributed by atoms with Crippen molar-refractivity contribution < 1.29 is 27.8 Å². The lowest BCUT2D eigenvalue weighted by Crippen LogP contribution is -2.53. The summed E-state index contributed by atoms with van der Waals surface area (Å²) in [4.78, 5) is 20.8. The number of aliphatic hydroxyl groups excluding tert-OH is 1. The number of likely N-dealkylation sites (tertiary alicyclic amines) is 2. The van der Waals surface area contributed by atoms with Gasteiger partial charge in [0.05, 0.1) is 18.1 Å². The SMILES string of the molecule is O=C(c1ccc(-c2ccc(OCC3CCN(CC4(C(F)(F)F)CCC4)CC3)nc2)cc1)N1CCC[C@@H](O)C1. The van der Waals surface area contributed by atoms with Gasteiger partial charge in [-0.25, -0.2) is 4.98 Å². The van der Waals surface area contributed by atoms with Crippen LogP contribution in [0.5, 0.6) is 5.88 Å². The molecule has 3 heterocycles. The summed E-state index contributed by atoms with van der Waals surface area (Å²) in [5.41, 5.74) is 0.958. The van der Waals surface area contributed by atoms with Gasteiger partial charge in [-0.1, -0.05) is 18.6 Å². The van der Waals surface area contributed by atoms with Crippen molar-refractivity contribution in [3.8, 4) is 17.0 Å². The van der Waals surface area contributed by atoms with E-state index in [4.69, 9.17) is 4.74 Å². The van der Waals surface area contributed by atoms with Crippen molar-refractivity contribution in [1.82, 2.24) is 14.8 Å². The van der Waals surface area contributed by atoms with Gasteiger partial charge in [0.2, 0.25) is 5.88 Å². The topological polar surface area (TPSA) is 65.9 Å². The summed E-state index contributed by atoms with van der Waals surface area (Å²) >= 11 is 0. The molecule has 1 N–H and O–H groups in total. The van der Waals surface area contributed by atoms with Gasteiger partial charge in [0.15, 0.2) is 0 Å². The molecule has 2 saturated heterocycles. The molecule has 1 atom stereocenters. The van der Waals surface area contributed by atoms with Crippen molar-refractivity contribution in [2.24, 2.45) is 11.3 Å². The van der Waals surface area contributed by atoms with Crippen LogP contribution in [0.1, 0.15) is 55.3 Å². The van der Waals surface area contributed by atoms with E-state index in [-0.39, 0.29) is 25.3 Å². The standard InChI is InChI=1S/C29H36F3N3O3/c30-29(31,32)28(12-2-13-28)20-34-15-10-21(11-16-34)19-38-26-9-8-24(17-33-26)22-4-6-23(7-5-22)27(37)35-14-1-3-25(36)18-35/h4-9,17,21,25,36H,1-3,10-16,18-20H2/t25-/m1/s1. The van der Waals surface area contributed by atoms with E-state index in [0.29, 0.717) is 56.6 Å². The Bertz CT molecular complexity index is 1080. The maximum Gasteiger partial charge on any atom is 0.395 e. The number of halogens is 3. The van der Waals surface area contributed by atoms with Crippen LogP contribution in [-0.2, 0) is 0 Å². The zero-order chi connectivity index (χ0) is 26.8. The molecule has 2 aromatic rings. The molecule has 1 aromatic heterocycles. The fourth-order valence-electron chi connectivity index (χ4n) is 5.84. The molecule has 5 rings (SSSR count). The van der Waals surface area contributed by atoms with E-state index in [0.717, 1.165) is 36.8 Å². The molecule has 0 unspecified atom stereocenters. The number of pyridine rings is 1. The molecule has 9 heteroatoms. The van der Waals surface area contributed by atoms with E-state index in [9.17, 15) is 23.1 Å². The van der Waals surface area contributed by atoms with Gasteiger partial charge in [0, 0.05) is 43.0 Å². The minimum absolute atomic E-state index is 0.0640. The lowest BCUT2D eigenvalue weighted by molar-refractivity contribution is -0.256. The van der Waals surface area contributed by atoms with E-state index in [1.165, 1.54) is 0 Å². The third kappa shape index (κ3) is 5.99. The summed E-state index contributed by atoms with van der Waals surface area (Å²) in [5, 5.41) is 9.84. The molecule has 0 bridgehead atoms. The summed E-state index contributed by atoms with van der Waals surface area (Å²) < 4.78 is 46.4. The van der Waals surface area contributed by atoms with Crippen molar-refractivity contribution in [1.29, 1.82) is 0 Å². The molecule has 2 aliphatic heterocycles. The van der Waals surface area contributed by atoms with E-state index in [1.807, 2.05) is 29.2 Å². The van der Waals surface area contributed by atoms with Crippen molar-refractivity contribution in [2.45, 2.75) is 57.2 Å². The molecule has 1 aromatic carbocycles. The number of hydrogen-bond donors (Lipinski definition) is 1. The van der Waals surface area contributed by atoms with Crippen LogP contribution in [0, 0.1) is 11.3 Å². The Kier molecular flexibility index (Phi) is 7.95. The van der Waals surface area contributed by atoms with E-state index in [1.54, 1.807) is 23.2 Å². The van der Waals surface area contributed by atoms with Crippen LogP contribution < -0.4 is 4.74 Å². The molecule has 0 radical (unpaired) electrons. The van der Waals surface area contributed by atoms with Crippen LogP contribution in [0.15, 0.2) is 42.6 Å². The van der Waals surface area contributed by atoms with Gasteiger partial charge in [-0.05, 0) is 81.3 Å². The normalized spacial score (nSPS) is 22.6. The number of benzene rings is 1. The Morgan fingerprint density at radius 2 is 1.71 bits per heavy atom. The van der Waals surface area contributed by atoms with E-state index < -0.39 is 17.7 Å². The first-order valence-corrected chi connectivity index (χ1v) is 13.7.